The fourth-order valence-electron chi connectivity index (χ4n) is 2.96. The molecule has 0 aromatic rings. The number of rotatable bonds is 4. The molecule has 2 aliphatic rings. The van der Waals surface area contributed by atoms with E-state index in [0.29, 0.717) is 18.4 Å². The number of carboxylic acid groups (broad SMARTS) is 1. The van der Waals surface area contributed by atoms with E-state index in [1.54, 1.807) is 0 Å². The van der Waals surface area contributed by atoms with Gasteiger partial charge in [-0.1, -0.05) is 6.42 Å². The summed E-state index contributed by atoms with van der Waals surface area (Å²) in [6, 6.07) is 0. The monoisotopic (exact) mass is 212 g/mol. The first-order valence-corrected chi connectivity index (χ1v) is 5.52. The lowest BCUT2D eigenvalue weighted by Gasteiger charge is -2.20. The lowest BCUT2D eigenvalue weighted by atomic mass is 9.90. The number of aliphatic carboxylic acids is 1. The van der Waals surface area contributed by atoms with Crippen LogP contribution in [0, 0.1) is 17.8 Å². The molecule has 3 atom stereocenters. The fraction of sp³-hybridized carbons (Fsp3) is 0.818. The predicted molar refractivity (Wildman–Crippen MR) is 52.1 cm³/mol. The largest absolute Gasteiger partial charge is 0.481 e. The fourth-order valence-corrected chi connectivity index (χ4v) is 2.96. The van der Waals surface area contributed by atoms with Crippen LogP contribution >= 0.6 is 0 Å². The van der Waals surface area contributed by atoms with Gasteiger partial charge in [-0.05, 0) is 37.0 Å². The number of hydrogen-bond donors (Lipinski definition) is 1. The lowest BCUT2D eigenvalue weighted by Crippen LogP contribution is -2.20. The predicted octanol–water partition coefficient (Wildman–Crippen LogP) is 1.44. The van der Waals surface area contributed by atoms with Crippen LogP contribution in [0.3, 0.4) is 0 Å². The molecule has 0 spiro atoms. The first-order valence-electron chi connectivity index (χ1n) is 5.52. The Morgan fingerprint density at radius 2 is 2.07 bits per heavy atom. The van der Waals surface area contributed by atoms with Gasteiger partial charge in [-0.15, -0.1) is 0 Å². The maximum atomic E-state index is 11.0. The van der Waals surface area contributed by atoms with E-state index >= 15 is 0 Å². The van der Waals surface area contributed by atoms with Gasteiger partial charge in [-0.3, -0.25) is 9.59 Å². The molecule has 1 N–H and O–H groups in total. The Morgan fingerprint density at radius 1 is 1.27 bits per heavy atom. The summed E-state index contributed by atoms with van der Waals surface area (Å²) in [5.41, 5.74) is 0. The summed E-state index contributed by atoms with van der Waals surface area (Å²) in [5, 5.41) is 8.38. The van der Waals surface area contributed by atoms with Crippen molar-refractivity contribution in [3.05, 3.63) is 0 Å². The smallest absolute Gasteiger partial charge is 0.317 e. The normalized spacial score (nSPS) is 32.9. The molecule has 1 unspecified atom stereocenters. The summed E-state index contributed by atoms with van der Waals surface area (Å²) in [4.78, 5) is 21.2. The van der Waals surface area contributed by atoms with Gasteiger partial charge in [0.25, 0.3) is 0 Å². The molecule has 84 valence electrons. The first kappa shape index (κ1) is 10.5. The van der Waals surface area contributed by atoms with Crippen LogP contribution in [0.25, 0.3) is 0 Å². The van der Waals surface area contributed by atoms with Gasteiger partial charge in [0.2, 0.25) is 0 Å². The summed E-state index contributed by atoms with van der Waals surface area (Å²) < 4.78 is 4.97. The average molecular weight is 212 g/mol. The maximum absolute atomic E-state index is 11.0. The molecule has 0 amide bonds. The zero-order valence-electron chi connectivity index (χ0n) is 8.65. The van der Waals surface area contributed by atoms with Gasteiger partial charge < -0.3 is 9.84 Å². The molecule has 2 aliphatic carbocycles. The van der Waals surface area contributed by atoms with Crippen molar-refractivity contribution in [3.63, 3.8) is 0 Å². The topological polar surface area (TPSA) is 63.6 Å². The number of fused-ring (bicyclic) bond motifs is 2. The van der Waals surface area contributed by atoms with Crippen molar-refractivity contribution in [1.29, 1.82) is 0 Å². The second-order valence-electron chi connectivity index (χ2n) is 4.69. The lowest BCUT2D eigenvalue weighted by molar-refractivity contribution is -0.152. The molecule has 2 bridgehead atoms. The molecular weight excluding hydrogens is 196 g/mol. The second-order valence-corrected chi connectivity index (χ2v) is 4.69. The number of carbonyl (C=O) groups is 2. The van der Waals surface area contributed by atoms with Crippen LogP contribution in [0.5, 0.6) is 0 Å². The molecule has 2 saturated carbocycles. The molecule has 2 fully saturated rings. The number of hydrogen-bond acceptors (Lipinski definition) is 3. The van der Waals surface area contributed by atoms with E-state index < -0.39 is 18.4 Å². The Kier molecular flexibility index (Phi) is 2.93. The van der Waals surface area contributed by atoms with Gasteiger partial charge in [0, 0.05) is 0 Å². The minimum atomic E-state index is -1.12. The second kappa shape index (κ2) is 4.21. The highest BCUT2D eigenvalue weighted by atomic mass is 16.5. The highest BCUT2D eigenvalue weighted by Crippen LogP contribution is 2.48. The molecule has 0 radical (unpaired) electrons. The number of carboxylic acids is 1. The molecule has 0 aliphatic heterocycles. The molecule has 0 saturated heterocycles. The van der Waals surface area contributed by atoms with E-state index in [4.69, 9.17) is 9.84 Å². The standard InChI is InChI=1S/C11H16O4/c12-10(13)5-11(14)15-6-9-4-7-1-2-8(9)3-7/h7-9H,1-6H2,(H,12,13)/t7?,8-,9-/m1/s1. The third kappa shape index (κ3) is 2.49. The van der Waals surface area contributed by atoms with Crippen LogP contribution in [-0.4, -0.2) is 23.7 Å². The van der Waals surface area contributed by atoms with Crippen molar-refractivity contribution >= 4 is 11.9 Å². The van der Waals surface area contributed by atoms with E-state index in [-0.39, 0.29) is 0 Å². The first-order chi connectivity index (χ1) is 7.15. The molecular formula is C11H16O4. The van der Waals surface area contributed by atoms with Crippen LogP contribution in [0.2, 0.25) is 0 Å². The maximum Gasteiger partial charge on any atom is 0.317 e. The van der Waals surface area contributed by atoms with Gasteiger partial charge >= 0.3 is 11.9 Å². The van der Waals surface area contributed by atoms with E-state index in [9.17, 15) is 9.59 Å². The third-order valence-corrected chi connectivity index (χ3v) is 3.64. The average Bonchev–Trinajstić information content (AvgIpc) is 2.74. The quantitative estimate of drug-likeness (QED) is 0.565. The molecule has 0 aromatic carbocycles. The number of ether oxygens (including phenoxy) is 1. The Labute approximate surface area is 88.6 Å². The minimum Gasteiger partial charge on any atom is -0.481 e. The zero-order chi connectivity index (χ0) is 10.8. The third-order valence-electron chi connectivity index (χ3n) is 3.64. The van der Waals surface area contributed by atoms with Gasteiger partial charge in [0.15, 0.2) is 0 Å². The Balaban J connectivity index is 1.70. The molecule has 4 nitrogen and oxygen atoms in total. The van der Waals surface area contributed by atoms with Crippen molar-refractivity contribution in [3.8, 4) is 0 Å². The summed E-state index contributed by atoms with van der Waals surface area (Å²) in [6.07, 6.45) is 4.50. The van der Waals surface area contributed by atoms with Crippen LogP contribution in [0.4, 0.5) is 0 Å². The van der Waals surface area contributed by atoms with Crippen molar-refractivity contribution in [2.75, 3.05) is 6.61 Å². The minimum absolute atomic E-state index is 0.424. The van der Waals surface area contributed by atoms with Gasteiger partial charge in [-0.2, -0.15) is 0 Å². The zero-order valence-corrected chi connectivity index (χ0v) is 8.65. The van der Waals surface area contributed by atoms with Crippen molar-refractivity contribution in [1.82, 2.24) is 0 Å². The molecule has 4 heteroatoms. The Morgan fingerprint density at radius 3 is 2.60 bits per heavy atom. The van der Waals surface area contributed by atoms with Crippen LogP contribution < -0.4 is 0 Å². The molecule has 0 aromatic heterocycles. The highest BCUT2D eigenvalue weighted by Gasteiger charge is 2.39. The van der Waals surface area contributed by atoms with E-state index in [0.717, 1.165) is 12.3 Å². The molecule has 15 heavy (non-hydrogen) atoms. The molecule has 0 heterocycles. The number of carbonyl (C=O) groups excluding carboxylic acids is 1. The van der Waals surface area contributed by atoms with E-state index in [1.807, 2.05) is 0 Å². The Bertz CT molecular complexity index is 274. The highest BCUT2D eigenvalue weighted by molar-refractivity contribution is 5.90. The van der Waals surface area contributed by atoms with Crippen molar-refractivity contribution in [2.45, 2.75) is 32.1 Å². The number of esters is 1. The van der Waals surface area contributed by atoms with Gasteiger partial charge in [0.05, 0.1) is 6.61 Å². The van der Waals surface area contributed by atoms with Crippen LogP contribution in [0.15, 0.2) is 0 Å². The van der Waals surface area contributed by atoms with E-state index in [2.05, 4.69) is 0 Å². The van der Waals surface area contributed by atoms with Gasteiger partial charge in [-0.25, -0.2) is 0 Å². The van der Waals surface area contributed by atoms with E-state index in [1.165, 1.54) is 19.3 Å². The Hall–Kier alpha value is -1.06. The summed E-state index contributed by atoms with van der Waals surface area (Å²) in [5.74, 6) is 0.311. The molecule has 2 rings (SSSR count). The van der Waals surface area contributed by atoms with Crippen molar-refractivity contribution in [2.24, 2.45) is 17.8 Å². The summed E-state index contributed by atoms with van der Waals surface area (Å²) >= 11 is 0. The van der Waals surface area contributed by atoms with Crippen LogP contribution in [-0.2, 0) is 14.3 Å². The van der Waals surface area contributed by atoms with Gasteiger partial charge in [0.1, 0.15) is 6.42 Å². The summed E-state index contributed by atoms with van der Waals surface area (Å²) in [7, 11) is 0. The van der Waals surface area contributed by atoms with Crippen molar-refractivity contribution < 1.29 is 19.4 Å². The SMILES string of the molecule is O=C(O)CC(=O)OC[C@H]1CC2CC[C@@H]1C2. The summed E-state index contributed by atoms with van der Waals surface area (Å²) in [6.45, 7) is 0.424. The van der Waals surface area contributed by atoms with Crippen LogP contribution in [0.1, 0.15) is 32.1 Å².